The van der Waals surface area contributed by atoms with Crippen molar-refractivity contribution in [2.24, 2.45) is 0 Å². The van der Waals surface area contributed by atoms with Crippen molar-refractivity contribution in [2.45, 2.75) is 6.18 Å². The summed E-state index contributed by atoms with van der Waals surface area (Å²) >= 11 is 0. The zero-order chi connectivity index (χ0) is 11.8. The van der Waals surface area contributed by atoms with Gasteiger partial charge in [0.1, 0.15) is 5.69 Å². The minimum absolute atomic E-state index is 0.0755. The Kier molecular flexibility index (Phi) is 2.30. The van der Waals surface area contributed by atoms with Crippen molar-refractivity contribution < 1.29 is 13.2 Å². The van der Waals surface area contributed by atoms with Crippen molar-refractivity contribution in [2.75, 3.05) is 5.73 Å². The topological polar surface area (TPSA) is 56.7 Å². The van der Waals surface area contributed by atoms with Gasteiger partial charge in [-0.2, -0.15) is 18.3 Å². The van der Waals surface area contributed by atoms with Crippen molar-refractivity contribution in [1.82, 2.24) is 14.8 Å². The van der Waals surface area contributed by atoms with Crippen LogP contribution in [0.25, 0.3) is 5.82 Å². The lowest BCUT2D eigenvalue weighted by Gasteiger charge is -2.07. The summed E-state index contributed by atoms with van der Waals surface area (Å²) in [5.74, 6) is 0.0755. The van der Waals surface area contributed by atoms with Gasteiger partial charge in [0.2, 0.25) is 0 Å². The quantitative estimate of drug-likeness (QED) is 0.810. The second-order valence-electron chi connectivity index (χ2n) is 3.10. The highest BCUT2D eigenvalue weighted by Crippen LogP contribution is 2.27. The normalized spacial score (nSPS) is 11.7. The van der Waals surface area contributed by atoms with E-state index in [1.54, 1.807) is 0 Å². The molecule has 0 aliphatic carbocycles. The van der Waals surface area contributed by atoms with Crippen molar-refractivity contribution in [3.05, 3.63) is 36.3 Å². The van der Waals surface area contributed by atoms with E-state index in [0.717, 1.165) is 6.07 Å². The molecule has 7 heteroatoms. The van der Waals surface area contributed by atoms with Crippen LogP contribution in [-0.2, 0) is 6.18 Å². The van der Waals surface area contributed by atoms with Gasteiger partial charge >= 0.3 is 6.18 Å². The minimum atomic E-state index is -4.46. The molecule has 2 N–H and O–H groups in total. The molecule has 0 unspecified atom stereocenters. The molecule has 0 aromatic carbocycles. The second-order valence-corrected chi connectivity index (χ2v) is 3.10. The summed E-state index contributed by atoms with van der Waals surface area (Å²) in [6.07, 6.45) is -1.74. The van der Waals surface area contributed by atoms with Gasteiger partial charge in [0.25, 0.3) is 0 Å². The molecule has 0 saturated heterocycles. The Morgan fingerprint density at radius 1 is 1.25 bits per heavy atom. The summed E-state index contributed by atoms with van der Waals surface area (Å²) < 4.78 is 38.3. The van der Waals surface area contributed by atoms with Gasteiger partial charge in [0.05, 0.1) is 18.1 Å². The number of anilines is 1. The van der Waals surface area contributed by atoms with E-state index in [9.17, 15) is 13.2 Å². The van der Waals surface area contributed by atoms with Gasteiger partial charge in [0.15, 0.2) is 5.82 Å². The Labute approximate surface area is 88.5 Å². The zero-order valence-corrected chi connectivity index (χ0v) is 7.94. The highest BCUT2D eigenvalue weighted by atomic mass is 19.4. The first-order valence-corrected chi connectivity index (χ1v) is 4.31. The van der Waals surface area contributed by atoms with Crippen LogP contribution in [0.1, 0.15) is 5.69 Å². The number of nitrogens with zero attached hydrogens (tertiary/aromatic N) is 3. The van der Waals surface area contributed by atoms with Crippen molar-refractivity contribution in [3.8, 4) is 5.82 Å². The number of nitrogen functional groups attached to an aromatic ring is 1. The van der Waals surface area contributed by atoms with E-state index in [4.69, 9.17) is 5.73 Å². The number of alkyl halides is 3. The van der Waals surface area contributed by atoms with Gasteiger partial charge < -0.3 is 5.73 Å². The van der Waals surface area contributed by atoms with Crippen molar-refractivity contribution in [1.29, 1.82) is 0 Å². The average Bonchev–Trinajstić information content (AvgIpc) is 2.64. The third-order valence-electron chi connectivity index (χ3n) is 1.86. The zero-order valence-electron chi connectivity index (χ0n) is 7.94. The molecule has 0 fully saturated rings. The van der Waals surface area contributed by atoms with Gasteiger partial charge in [-0.15, -0.1) is 0 Å². The smallest absolute Gasteiger partial charge is 0.396 e. The number of hydrogen-bond acceptors (Lipinski definition) is 3. The maximum atomic E-state index is 12.4. The van der Waals surface area contributed by atoms with Crippen LogP contribution < -0.4 is 5.73 Å². The summed E-state index contributed by atoms with van der Waals surface area (Å²) in [5.41, 5.74) is 4.81. The molecular formula is C9H7F3N4. The van der Waals surface area contributed by atoms with Crippen LogP contribution in [-0.4, -0.2) is 14.8 Å². The van der Waals surface area contributed by atoms with Gasteiger partial charge in [-0.3, -0.25) is 0 Å². The first-order chi connectivity index (χ1) is 7.47. The SMILES string of the molecule is Nc1cnn(-c2cccc(C(F)(F)F)n2)c1. The van der Waals surface area contributed by atoms with E-state index in [0.29, 0.717) is 5.69 Å². The standard InChI is InChI=1S/C9H7F3N4/c10-9(11,12)7-2-1-3-8(15-7)16-5-6(13)4-14-16/h1-5H,13H2. The molecule has 0 aliphatic rings. The molecule has 84 valence electrons. The molecule has 0 amide bonds. The predicted molar refractivity (Wildman–Crippen MR) is 50.8 cm³/mol. The molecule has 0 radical (unpaired) electrons. The lowest BCUT2D eigenvalue weighted by molar-refractivity contribution is -0.141. The van der Waals surface area contributed by atoms with Crippen LogP contribution in [0.4, 0.5) is 18.9 Å². The maximum Gasteiger partial charge on any atom is 0.433 e. The Balaban J connectivity index is 2.44. The summed E-state index contributed by atoms with van der Waals surface area (Å²) in [5, 5.41) is 3.77. The Morgan fingerprint density at radius 3 is 2.56 bits per heavy atom. The van der Waals surface area contributed by atoms with Crippen LogP contribution in [0.3, 0.4) is 0 Å². The number of halogens is 3. The fourth-order valence-corrected chi connectivity index (χ4v) is 1.17. The van der Waals surface area contributed by atoms with Gasteiger partial charge in [-0.25, -0.2) is 9.67 Å². The largest absolute Gasteiger partial charge is 0.433 e. The number of hydrogen-bond donors (Lipinski definition) is 1. The molecule has 2 aromatic rings. The highest BCUT2D eigenvalue weighted by molar-refractivity contribution is 5.35. The van der Waals surface area contributed by atoms with E-state index in [-0.39, 0.29) is 5.82 Å². The predicted octanol–water partition coefficient (Wildman–Crippen LogP) is 1.87. The molecule has 16 heavy (non-hydrogen) atoms. The van der Waals surface area contributed by atoms with E-state index in [2.05, 4.69) is 10.1 Å². The third kappa shape index (κ3) is 1.97. The molecule has 0 atom stereocenters. The lowest BCUT2D eigenvalue weighted by Crippen LogP contribution is -2.10. The Bertz CT molecular complexity index is 503. The van der Waals surface area contributed by atoms with Gasteiger partial charge in [-0.1, -0.05) is 6.07 Å². The summed E-state index contributed by atoms with van der Waals surface area (Å²) in [4.78, 5) is 3.45. The highest BCUT2D eigenvalue weighted by Gasteiger charge is 2.32. The Morgan fingerprint density at radius 2 is 2.00 bits per heavy atom. The molecule has 2 rings (SSSR count). The molecule has 4 nitrogen and oxygen atoms in total. The molecular weight excluding hydrogens is 221 g/mol. The molecule has 2 aromatic heterocycles. The van der Waals surface area contributed by atoms with Crippen LogP contribution in [0.5, 0.6) is 0 Å². The molecule has 2 heterocycles. The number of rotatable bonds is 1. The number of pyridine rings is 1. The summed E-state index contributed by atoms with van der Waals surface area (Å²) in [7, 11) is 0. The van der Waals surface area contributed by atoms with Crippen LogP contribution in [0.15, 0.2) is 30.6 Å². The van der Waals surface area contributed by atoms with Crippen LogP contribution in [0, 0.1) is 0 Å². The van der Waals surface area contributed by atoms with E-state index in [1.165, 1.54) is 29.2 Å². The minimum Gasteiger partial charge on any atom is -0.396 e. The van der Waals surface area contributed by atoms with E-state index in [1.807, 2.05) is 0 Å². The molecule has 0 aliphatic heterocycles. The van der Waals surface area contributed by atoms with E-state index < -0.39 is 11.9 Å². The fraction of sp³-hybridized carbons (Fsp3) is 0.111. The third-order valence-corrected chi connectivity index (χ3v) is 1.86. The summed E-state index contributed by atoms with van der Waals surface area (Å²) in [6.45, 7) is 0. The summed E-state index contributed by atoms with van der Waals surface area (Å²) in [6, 6.07) is 3.58. The number of aromatic nitrogens is 3. The van der Waals surface area contributed by atoms with Crippen LogP contribution in [0.2, 0.25) is 0 Å². The van der Waals surface area contributed by atoms with Crippen molar-refractivity contribution in [3.63, 3.8) is 0 Å². The number of nitrogens with two attached hydrogens (primary N) is 1. The lowest BCUT2D eigenvalue weighted by atomic mass is 10.3. The van der Waals surface area contributed by atoms with E-state index >= 15 is 0 Å². The second kappa shape index (κ2) is 3.51. The van der Waals surface area contributed by atoms with Gasteiger partial charge in [-0.05, 0) is 12.1 Å². The first-order valence-electron chi connectivity index (χ1n) is 4.31. The van der Waals surface area contributed by atoms with Crippen molar-refractivity contribution >= 4 is 5.69 Å². The average molecular weight is 228 g/mol. The molecule has 0 spiro atoms. The fourth-order valence-electron chi connectivity index (χ4n) is 1.17. The molecule has 0 saturated carbocycles. The Hall–Kier alpha value is -2.05. The van der Waals surface area contributed by atoms with Gasteiger partial charge in [0, 0.05) is 0 Å². The first kappa shape index (κ1) is 10.5. The monoisotopic (exact) mass is 228 g/mol. The maximum absolute atomic E-state index is 12.4. The van der Waals surface area contributed by atoms with Crippen LogP contribution >= 0.6 is 0 Å². The molecule has 0 bridgehead atoms.